The van der Waals surface area contributed by atoms with Crippen LogP contribution < -0.4 is 10.6 Å². The first kappa shape index (κ1) is 16.7. The van der Waals surface area contributed by atoms with E-state index in [1.807, 2.05) is 0 Å². The average molecular weight is 306 g/mol. The second-order valence-electron chi connectivity index (χ2n) is 5.77. The number of aromatic nitrogens is 2. The third-order valence-electron chi connectivity index (χ3n) is 3.84. The summed E-state index contributed by atoms with van der Waals surface area (Å²) in [6.07, 6.45) is 6.69. The van der Waals surface area contributed by atoms with Crippen molar-refractivity contribution in [3.05, 3.63) is 17.6 Å². The molecule has 0 aliphatic heterocycles. The SMILES string of the molecule is COCCCNc1cc(C(=O)NC2CCCCC2)nc(C)n1. The first-order chi connectivity index (χ1) is 10.7. The molecule has 1 fully saturated rings. The Balaban J connectivity index is 1.93. The Labute approximate surface area is 132 Å². The van der Waals surface area contributed by atoms with Crippen LogP contribution in [0.15, 0.2) is 6.07 Å². The van der Waals surface area contributed by atoms with Crippen LogP contribution in [0.1, 0.15) is 54.8 Å². The number of anilines is 1. The summed E-state index contributed by atoms with van der Waals surface area (Å²) in [5, 5.41) is 6.30. The quantitative estimate of drug-likeness (QED) is 0.756. The number of nitrogens with one attached hydrogen (secondary N) is 2. The van der Waals surface area contributed by atoms with E-state index in [1.54, 1.807) is 20.1 Å². The number of hydrogen-bond donors (Lipinski definition) is 2. The highest BCUT2D eigenvalue weighted by molar-refractivity contribution is 5.93. The zero-order valence-electron chi connectivity index (χ0n) is 13.5. The molecule has 0 atom stereocenters. The number of methoxy groups -OCH3 is 1. The first-order valence-electron chi connectivity index (χ1n) is 8.08. The van der Waals surface area contributed by atoms with Crippen molar-refractivity contribution in [2.24, 2.45) is 0 Å². The van der Waals surface area contributed by atoms with E-state index in [9.17, 15) is 4.79 Å². The van der Waals surface area contributed by atoms with Crippen LogP contribution in [0.5, 0.6) is 0 Å². The second-order valence-corrected chi connectivity index (χ2v) is 5.77. The molecule has 122 valence electrons. The second kappa shape index (κ2) is 8.68. The summed E-state index contributed by atoms with van der Waals surface area (Å²) in [6.45, 7) is 3.26. The van der Waals surface area contributed by atoms with Gasteiger partial charge in [-0.25, -0.2) is 9.97 Å². The van der Waals surface area contributed by atoms with Gasteiger partial charge in [-0.15, -0.1) is 0 Å². The zero-order chi connectivity index (χ0) is 15.8. The fourth-order valence-corrected chi connectivity index (χ4v) is 2.71. The Hall–Kier alpha value is -1.69. The lowest BCUT2D eigenvalue weighted by Gasteiger charge is -2.22. The van der Waals surface area contributed by atoms with E-state index >= 15 is 0 Å². The summed E-state index contributed by atoms with van der Waals surface area (Å²) in [6, 6.07) is 2.01. The van der Waals surface area contributed by atoms with Crippen molar-refractivity contribution >= 4 is 11.7 Å². The van der Waals surface area contributed by atoms with Crippen molar-refractivity contribution in [2.45, 2.75) is 51.5 Å². The van der Waals surface area contributed by atoms with Crippen molar-refractivity contribution in [1.29, 1.82) is 0 Å². The predicted octanol–water partition coefficient (Wildman–Crippen LogP) is 2.30. The maximum atomic E-state index is 12.3. The Morgan fingerprint density at radius 2 is 2.09 bits per heavy atom. The highest BCUT2D eigenvalue weighted by Crippen LogP contribution is 2.18. The van der Waals surface area contributed by atoms with Gasteiger partial charge in [-0.2, -0.15) is 0 Å². The lowest BCUT2D eigenvalue weighted by molar-refractivity contribution is 0.0922. The molecule has 1 aromatic rings. The molecule has 1 saturated carbocycles. The fourth-order valence-electron chi connectivity index (χ4n) is 2.71. The van der Waals surface area contributed by atoms with E-state index in [2.05, 4.69) is 20.6 Å². The van der Waals surface area contributed by atoms with Gasteiger partial charge in [0.05, 0.1) is 0 Å². The Kier molecular flexibility index (Phi) is 6.58. The maximum absolute atomic E-state index is 12.3. The standard InChI is InChI=1S/C16H26N4O2/c1-12-18-14(11-15(19-12)17-9-6-10-22-2)16(21)20-13-7-4-3-5-8-13/h11,13H,3-10H2,1-2H3,(H,20,21)(H,17,18,19). The molecular formula is C16H26N4O2. The molecule has 1 aromatic heterocycles. The number of rotatable bonds is 7. The van der Waals surface area contributed by atoms with Crippen LogP contribution in [0.2, 0.25) is 0 Å². The number of aryl methyl sites for hydroxylation is 1. The maximum Gasteiger partial charge on any atom is 0.270 e. The van der Waals surface area contributed by atoms with Gasteiger partial charge in [0, 0.05) is 32.4 Å². The third-order valence-corrected chi connectivity index (χ3v) is 3.84. The minimum absolute atomic E-state index is 0.0997. The minimum Gasteiger partial charge on any atom is -0.385 e. The predicted molar refractivity (Wildman–Crippen MR) is 86.1 cm³/mol. The highest BCUT2D eigenvalue weighted by atomic mass is 16.5. The largest absolute Gasteiger partial charge is 0.385 e. The summed E-state index contributed by atoms with van der Waals surface area (Å²) < 4.78 is 5.01. The van der Waals surface area contributed by atoms with E-state index in [0.29, 0.717) is 23.9 Å². The first-order valence-corrected chi connectivity index (χ1v) is 8.08. The third kappa shape index (κ3) is 5.26. The van der Waals surface area contributed by atoms with Crippen molar-refractivity contribution in [1.82, 2.24) is 15.3 Å². The monoisotopic (exact) mass is 306 g/mol. The lowest BCUT2D eigenvalue weighted by Crippen LogP contribution is -2.36. The van der Waals surface area contributed by atoms with Crippen LogP contribution in [-0.2, 0) is 4.74 Å². The molecule has 2 N–H and O–H groups in total. The van der Waals surface area contributed by atoms with Crippen molar-refractivity contribution in [3.63, 3.8) is 0 Å². The molecule has 0 bridgehead atoms. The molecule has 1 aliphatic carbocycles. The van der Waals surface area contributed by atoms with E-state index in [0.717, 1.165) is 25.8 Å². The molecule has 2 rings (SSSR count). The fraction of sp³-hybridized carbons (Fsp3) is 0.688. The molecule has 0 radical (unpaired) electrons. The van der Waals surface area contributed by atoms with Crippen molar-refractivity contribution in [2.75, 3.05) is 25.6 Å². The van der Waals surface area contributed by atoms with E-state index in [1.165, 1.54) is 19.3 Å². The number of carbonyl (C=O) groups excluding carboxylic acids is 1. The van der Waals surface area contributed by atoms with Crippen LogP contribution in [-0.4, -0.2) is 42.2 Å². The summed E-state index contributed by atoms with van der Waals surface area (Å²) in [7, 11) is 1.68. The summed E-state index contributed by atoms with van der Waals surface area (Å²) >= 11 is 0. The Bertz CT molecular complexity index is 487. The number of carbonyl (C=O) groups is 1. The van der Waals surface area contributed by atoms with Gasteiger partial charge in [0.2, 0.25) is 0 Å². The molecule has 1 amide bonds. The van der Waals surface area contributed by atoms with Crippen LogP contribution in [0.25, 0.3) is 0 Å². The van der Waals surface area contributed by atoms with E-state index in [4.69, 9.17) is 4.74 Å². The summed E-state index contributed by atoms with van der Waals surface area (Å²) in [4.78, 5) is 20.9. The van der Waals surface area contributed by atoms with Gasteiger partial charge >= 0.3 is 0 Å². The van der Waals surface area contributed by atoms with Crippen LogP contribution in [0.3, 0.4) is 0 Å². The molecule has 0 aromatic carbocycles. The van der Waals surface area contributed by atoms with Crippen molar-refractivity contribution < 1.29 is 9.53 Å². The van der Waals surface area contributed by atoms with Gasteiger partial charge in [-0.05, 0) is 26.2 Å². The summed E-state index contributed by atoms with van der Waals surface area (Å²) in [5.74, 6) is 1.19. The highest BCUT2D eigenvalue weighted by Gasteiger charge is 2.18. The Morgan fingerprint density at radius 3 is 2.82 bits per heavy atom. The smallest absolute Gasteiger partial charge is 0.270 e. The molecule has 1 aliphatic rings. The number of nitrogens with zero attached hydrogens (tertiary/aromatic N) is 2. The molecule has 1 heterocycles. The molecule has 22 heavy (non-hydrogen) atoms. The van der Waals surface area contributed by atoms with Gasteiger partial charge in [0.1, 0.15) is 17.3 Å². The normalized spacial score (nSPS) is 15.5. The van der Waals surface area contributed by atoms with Gasteiger partial charge in [-0.3, -0.25) is 4.79 Å². The molecule has 6 heteroatoms. The molecule has 0 unspecified atom stereocenters. The van der Waals surface area contributed by atoms with Gasteiger partial charge < -0.3 is 15.4 Å². The Morgan fingerprint density at radius 1 is 1.32 bits per heavy atom. The average Bonchev–Trinajstić information content (AvgIpc) is 2.52. The minimum atomic E-state index is -0.0997. The molecule has 0 spiro atoms. The molecule has 6 nitrogen and oxygen atoms in total. The zero-order valence-corrected chi connectivity index (χ0v) is 13.5. The molecule has 0 saturated heterocycles. The number of amides is 1. The van der Waals surface area contributed by atoms with Crippen LogP contribution >= 0.6 is 0 Å². The lowest BCUT2D eigenvalue weighted by atomic mass is 9.95. The molecular weight excluding hydrogens is 280 g/mol. The summed E-state index contributed by atoms with van der Waals surface area (Å²) in [5.41, 5.74) is 0.437. The number of ether oxygens (including phenoxy) is 1. The topological polar surface area (TPSA) is 76.1 Å². The van der Waals surface area contributed by atoms with Crippen molar-refractivity contribution in [3.8, 4) is 0 Å². The van der Waals surface area contributed by atoms with Gasteiger partial charge in [0.15, 0.2) is 0 Å². The van der Waals surface area contributed by atoms with E-state index in [-0.39, 0.29) is 11.9 Å². The van der Waals surface area contributed by atoms with Crippen LogP contribution in [0.4, 0.5) is 5.82 Å². The number of hydrogen-bond acceptors (Lipinski definition) is 5. The van der Waals surface area contributed by atoms with Gasteiger partial charge in [0.25, 0.3) is 5.91 Å². The van der Waals surface area contributed by atoms with Gasteiger partial charge in [-0.1, -0.05) is 19.3 Å². The van der Waals surface area contributed by atoms with Crippen LogP contribution in [0, 0.1) is 6.92 Å². The van der Waals surface area contributed by atoms with E-state index < -0.39 is 0 Å².